The normalized spacial score (nSPS) is 14.7. The molecule has 29 heavy (non-hydrogen) atoms. The highest BCUT2D eigenvalue weighted by atomic mass is 16.5. The summed E-state index contributed by atoms with van der Waals surface area (Å²) in [6, 6.07) is 22.0. The standard InChI is InChI=1S/C24H24N2O3/c1-29-22-9-5-8-17-14-15-26(16-21(17)22)23(18-6-3-2-4-7-18)24(28)25-19-10-12-20(27)13-11-19/h2-13,23,27H,14-16H2,1H3,(H,25,28). The van der Waals surface area contributed by atoms with E-state index in [9.17, 15) is 9.90 Å². The molecule has 1 atom stereocenters. The van der Waals surface area contributed by atoms with E-state index in [1.807, 2.05) is 42.5 Å². The van der Waals surface area contributed by atoms with E-state index in [2.05, 4.69) is 16.3 Å². The van der Waals surface area contributed by atoms with Gasteiger partial charge in [-0.05, 0) is 47.9 Å². The molecule has 0 fully saturated rings. The topological polar surface area (TPSA) is 61.8 Å². The summed E-state index contributed by atoms with van der Waals surface area (Å²) in [5.74, 6) is 0.931. The van der Waals surface area contributed by atoms with Gasteiger partial charge in [0.2, 0.25) is 5.91 Å². The second-order valence-corrected chi connectivity index (χ2v) is 7.17. The van der Waals surface area contributed by atoms with Gasteiger partial charge in [0, 0.05) is 24.3 Å². The van der Waals surface area contributed by atoms with Gasteiger partial charge >= 0.3 is 0 Å². The number of methoxy groups -OCH3 is 1. The van der Waals surface area contributed by atoms with E-state index in [0.717, 1.165) is 29.8 Å². The van der Waals surface area contributed by atoms with Crippen molar-refractivity contribution in [3.05, 3.63) is 89.5 Å². The average Bonchev–Trinajstić information content (AvgIpc) is 2.76. The fourth-order valence-corrected chi connectivity index (χ4v) is 3.90. The summed E-state index contributed by atoms with van der Waals surface area (Å²) in [6.45, 7) is 1.42. The predicted octanol–water partition coefficient (Wildman–Crippen LogP) is 4.14. The number of fused-ring (bicyclic) bond motifs is 1. The molecule has 1 unspecified atom stereocenters. The zero-order valence-electron chi connectivity index (χ0n) is 16.3. The van der Waals surface area contributed by atoms with Crippen LogP contribution in [0.15, 0.2) is 72.8 Å². The van der Waals surface area contributed by atoms with Crippen molar-refractivity contribution in [3.8, 4) is 11.5 Å². The molecular formula is C24H24N2O3. The SMILES string of the molecule is COc1cccc2c1CN(C(C(=O)Nc1ccc(O)cc1)c1ccccc1)CC2. The number of benzene rings is 3. The summed E-state index contributed by atoms with van der Waals surface area (Å²) in [7, 11) is 1.68. The zero-order valence-corrected chi connectivity index (χ0v) is 16.3. The summed E-state index contributed by atoms with van der Waals surface area (Å²) >= 11 is 0. The average molecular weight is 388 g/mol. The van der Waals surface area contributed by atoms with Gasteiger partial charge in [0.05, 0.1) is 7.11 Å². The van der Waals surface area contributed by atoms with Gasteiger partial charge in [-0.1, -0.05) is 42.5 Å². The van der Waals surface area contributed by atoms with E-state index < -0.39 is 6.04 Å². The van der Waals surface area contributed by atoms with E-state index in [1.54, 1.807) is 31.4 Å². The van der Waals surface area contributed by atoms with Gasteiger partial charge in [-0.2, -0.15) is 0 Å². The smallest absolute Gasteiger partial charge is 0.246 e. The van der Waals surface area contributed by atoms with Crippen molar-refractivity contribution in [2.24, 2.45) is 0 Å². The highest BCUT2D eigenvalue weighted by molar-refractivity contribution is 5.95. The quantitative estimate of drug-likeness (QED) is 0.645. The molecule has 0 spiro atoms. The second-order valence-electron chi connectivity index (χ2n) is 7.17. The second kappa shape index (κ2) is 8.37. The van der Waals surface area contributed by atoms with Crippen molar-refractivity contribution in [1.82, 2.24) is 4.90 Å². The Morgan fingerprint density at radius 1 is 1.03 bits per heavy atom. The Hall–Kier alpha value is -3.31. The van der Waals surface area contributed by atoms with E-state index in [1.165, 1.54) is 5.56 Å². The van der Waals surface area contributed by atoms with Gasteiger partial charge in [-0.15, -0.1) is 0 Å². The van der Waals surface area contributed by atoms with E-state index in [0.29, 0.717) is 12.2 Å². The molecule has 4 rings (SSSR count). The fourth-order valence-electron chi connectivity index (χ4n) is 3.90. The molecule has 0 aliphatic carbocycles. The van der Waals surface area contributed by atoms with Crippen LogP contribution in [-0.4, -0.2) is 29.6 Å². The Kier molecular flexibility index (Phi) is 5.49. The van der Waals surface area contributed by atoms with Gasteiger partial charge in [0.25, 0.3) is 0 Å². The van der Waals surface area contributed by atoms with Crippen molar-refractivity contribution < 1.29 is 14.6 Å². The molecule has 1 aliphatic heterocycles. The maximum absolute atomic E-state index is 13.3. The monoisotopic (exact) mass is 388 g/mol. The van der Waals surface area contributed by atoms with Crippen LogP contribution in [0.4, 0.5) is 5.69 Å². The van der Waals surface area contributed by atoms with Crippen LogP contribution in [0, 0.1) is 0 Å². The summed E-state index contributed by atoms with van der Waals surface area (Å²) < 4.78 is 5.56. The number of carbonyl (C=O) groups is 1. The number of phenolic OH excluding ortho intramolecular Hbond substituents is 1. The van der Waals surface area contributed by atoms with E-state index in [-0.39, 0.29) is 11.7 Å². The summed E-state index contributed by atoms with van der Waals surface area (Å²) in [6.07, 6.45) is 0.863. The molecule has 3 aromatic rings. The molecule has 5 heteroatoms. The molecule has 0 radical (unpaired) electrons. The minimum absolute atomic E-state index is 0.0970. The van der Waals surface area contributed by atoms with Crippen LogP contribution in [-0.2, 0) is 17.8 Å². The number of hydrogen-bond donors (Lipinski definition) is 2. The van der Waals surface area contributed by atoms with Gasteiger partial charge in [0.1, 0.15) is 17.5 Å². The number of amides is 1. The van der Waals surface area contributed by atoms with Crippen LogP contribution in [0.1, 0.15) is 22.7 Å². The lowest BCUT2D eigenvalue weighted by atomic mass is 9.95. The fraction of sp³-hybridized carbons (Fsp3) is 0.208. The van der Waals surface area contributed by atoms with Gasteiger partial charge < -0.3 is 15.2 Å². The molecular weight excluding hydrogens is 364 g/mol. The summed E-state index contributed by atoms with van der Waals surface area (Å²) in [5.41, 5.74) is 4.01. The highest BCUT2D eigenvalue weighted by Gasteiger charge is 2.31. The lowest BCUT2D eigenvalue weighted by Gasteiger charge is -2.35. The minimum atomic E-state index is -0.428. The highest BCUT2D eigenvalue weighted by Crippen LogP contribution is 2.33. The first-order chi connectivity index (χ1) is 14.2. The Bertz CT molecular complexity index is 973. The molecule has 0 saturated carbocycles. The van der Waals surface area contributed by atoms with Gasteiger partial charge in [-0.25, -0.2) is 0 Å². The first kappa shape index (κ1) is 19.0. The van der Waals surface area contributed by atoms with Crippen LogP contribution in [0.3, 0.4) is 0 Å². The summed E-state index contributed by atoms with van der Waals surface area (Å²) in [5, 5.41) is 12.5. The molecule has 0 saturated heterocycles. The number of rotatable bonds is 5. The number of carbonyl (C=O) groups excluding carboxylic acids is 1. The number of nitrogens with one attached hydrogen (secondary N) is 1. The minimum Gasteiger partial charge on any atom is -0.508 e. The van der Waals surface area contributed by atoms with Crippen LogP contribution in [0.5, 0.6) is 11.5 Å². The largest absolute Gasteiger partial charge is 0.508 e. The van der Waals surface area contributed by atoms with Crippen LogP contribution >= 0.6 is 0 Å². The molecule has 1 amide bonds. The molecule has 148 valence electrons. The Labute approximate surface area is 170 Å². The third-order valence-electron chi connectivity index (χ3n) is 5.34. The van der Waals surface area contributed by atoms with Gasteiger partial charge in [-0.3, -0.25) is 9.69 Å². The van der Waals surface area contributed by atoms with E-state index >= 15 is 0 Å². The lowest BCUT2D eigenvalue weighted by Crippen LogP contribution is -2.40. The number of nitrogens with zero attached hydrogens (tertiary/aromatic N) is 1. The number of hydrogen-bond acceptors (Lipinski definition) is 4. The number of aromatic hydroxyl groups is 1. The van der Waals surface area contributed by atoms with E-state index in [4.69, 9.17) is 4.74 Å². The number of phenols is 1. The van der Waals surface area contributed by atoms with Crippen molar-refractivity contribution in [1.29, 1.82) is 0 Å². The van der Waals surface area contributed by atoms with Crippen molar-refractivity contribution in [2.45, 2.75) is 19.0 Å². The van der Waals surface area contributed by atoms with Crippen LogP contribution in [0.2, 0.25) is 0 Å². The first-order valence-electron chi connectivity index (χ1n) is 9.69. The first-order valence-corrected chi connectivity index (χ1v) is 9.69. The maximum atomic E-state index is 13.3. The van der Waals surface area contributed by atoms with Crippen LogP contribution in [0.25, 0.3) is 0 Å². The molecule has 0 aromatic heterocycles. The Morgan fingerprint density at radius 2 is 1.79 bits per heavy atom. The molecule has 0 bridgehead atoms. The zero-order chi connectivity index (χ0) is 20.2. The molecule has 5 nitrogen and oxygen atoms in total. The molecule has 3 aromatic carbocycles. The van der Waals surface area contributed by atoms with Crippen molar-refractivity contribution in [2.75, 3.05) is 19.0 Å². The van der Waals surface area contributed by atoms with Crippen molar-refractivity contribution in [3.63, 3.8) is 0 Å². The molecule has 1 heterocycles. The molecule has 1 aliphatic rings. The van der Waals surface area contributed by atoms with Crippen molar-refractivity contribution >= 4 is 11.6 Å². The number of anilines is 1. The Balaban J connectivity index is 1.64. The third-order valence-corrected chi connectivity index (χ3v) is 5.34. The number of ether oxygens (including phenoxy) is 1. The molecule has 2 N–H and O–H groups in total. The van der Waals surface area contributed by atoms with Crippen LogP contribution < -0.4 is 10.1 Å². The Morgan fingerprint density at radius 3 is 2.52 bits per heavy atom. The maximum Gasteiger partial charge on any atom is 0.246 e. The predicted molar refractivity (Wildman–Crippen MR) is 113 cm³/mol. The lowest BCUT2D eigenvalue weighted by molar-refractivity contribution is -0.122. The third kappa shape index (κ3) is 4.10. The van der Waals surface area contributed by atoms with Gasteiger partial charge in [0.15, 0.2) is 0 Å². The summed E-state index contributed by atoms with van der Waals surface area (Å²) in [4.78, 5) is 15.5.